The first-order valence-corrected chi connectivity index (χ1v) is 6.77. The number of benzene rings is 2. The number of aryl methyl sites for hydroxylation is 1. The van der Waals surface area contributed by atoms with Gasteiger partial charge in [0.25, 0.3) is 5.91 Å². The summed E-state index contributed by atoms with van der Waals surface area (Å²) in [5, 5.41) is 3.31. The Morgan fingerprint density at radius 1 is 1.26 bits per heavy atom. The highest BCUT2D eigenvalue weighted by Gasteiger charge is 2.10. The van der Waals surface area contributed by atoms with E-state index in [2.05, 4.69) is 21.2 Å². The van der Waals surface area contributed by atoms with E-state index in [0.29, 0.717) is 16.3 Å². The first-order chi connectivity index (χ1) is 8.97. The number of halogens is 2. The predicted molar refractivity (Wildman–Crippen MR) is 82.7 cm³/mol. The van der Waals surface area contributed by atoms with E-state index >= 15 is 0 Å². The summed E-state index contributed by atoms with van der Waals surface area (Å²) in [5.74, 6) is -0.254. The standard InChI is InChI=1S/C14H12BrClN2O/c1-8-6-10(3-5-12(8)15)18-14(19)11-4-2-9(16)7-13(11)17/h2-7H,17H2,1H3,(H,18,19). The summed E-state index contributed by atoms with van der Waals surface area (Å²) in [4.78, 5) is 12.1. The number of nitrogen functional groups attached to an aromatic ring is 1. The number of carbonyl (C=O) groups excluding carboxylic acids is 1. The van der Waals surface area contributed by atoms with E-state index in [4.69, 9.17) is 17.3 Å². The van der Waals surface area contributed by atoms with Gasteiger partial charge in [0.2, 0.25) is 0 Å². The minimum Gasteiger partial charge on any atom is -0.398 e. The molecule has 2 aromatic carbocycles. The van der Waals surface area contributed by atoms with Gasteiger partial charge in [-0.25, -0.2) is 0 Å². The van der Waals surface area contributed by atoms with E-state index in [1.165, 1.54) is 0 Å². The zero-order chi connectivity index (χ0) is 14.0. The van der Waals surface area contributed by atoms with Crippen molar-refractivity contribution in [2.75, 3.05) is 11.1 Å². The highest BCUT2D eigenvalue weighted by Crippen LogP contribution is 2.22. The number of hydrogen-bond donors (Lipinski definition) is 2. The molecule has 0 saturated heterocycles. The van der Waals surface area contributed by atoms with Crippen LogP contribution in [-0.2, 0) is 0 Å². The Morgan fingerprint density at radius 2 is 2.00 bits per heavy atom. The molecule has 0 saturated carbocycles. The van der Waals surface area contributed by atoms with Gasteiger partial charge in [0.05, 0.1) is 5.56 Å². The van der Waals surface area contributed by atoms with Gasteiger partial charge in [0, 0.05) is 20.9 Å². The number of carbonyl (C=O) groups is 1. The molecule has 2 rings (SSSR count). The molecule has 0 atom stereocenters. The van der Waals surface area contributed by atoms with Crippen LogP contribution < -0.4 is 11.1 Å². The molecule has 19 heavy (non-hydrogen) atoms. The molecule has 0 aliphatic rings. The van der Waals surface area contributed by atoms with Crippen LogP contribution in [0.5, 0.6) is 0 Å². The minimum atomic E-state index is -0.254. The van der Waals surface area contributed by atoms with Gasteiger partial charge in [0.15, 0.2) is 0 Å². The van der Waals surface area contributed by atoms with Crippen molar-refractivity contribution in [2.24, 2.45) is 0 Å². The zero-order valence-corrected chi connectivity index (χ0v) is 12.5. The highest BCUT2D eigenvalue weighted by atomic mass is 79.9. The number of nitrogens with two attached hydrogens (primary N) is 1. The molecule has 0 fully saturated rings. The normalized spacial score (nSPS) is 10.3. The average Bonchev–Trinajstić information content (AvgIpc) is 2.33. The van der Waals surface area contributed by atoms with Crippen LogP contribution in [0.3, 0.4) is 0 Å². The molecule has 3 N–H and O–H groups in total. The van der Waals surface area contributed by atoms with E-state index in [1.807, 2.05) is 25.1 Å². The molecule has 98 valence electrons. The molecule has 0 spiro atoms. The molecule has 3 nitrogen and oxygen atoms in total. The Morgan fingerprint density at radius 3 is 2.63 bits per heavy atom. The van der Waals surface area contributed by atoms with Crippen molar-refractivity contribution in [3.05, 3.63) is 57.0 Å². The van der Waals surface area contributed by atoms with Crippen LogP contribution in [0.2, 0.25) is 5.02 Å². The molecule has 0 aliphatic carbocycles. The highest BCUT2D eigenvalue weighted by molar-refractivity contribution is 9.10. The van der Waals surface area contributed by atoms with Gasteiger partial charge in [-0.3, -0.25) is 4.79 Å². The second-order valence-electron chi connectivity index (χ2n) is 4.15. The summed E-state index contributed by atoms with van der Waals surface area (Å²) >= 11 is 9.22. The van der Waals surface area contributed by atoms with Crippen molar-refractivity contribution in [1.82, 2.24) is 0 Å². The van der Waals surface area contributed by atoms with Crippen molar-refractivity contribution >= 4 is 44.8 Å². The number of nitrogens with one attached hydrogen (secondary N) is 1. The lowest BCUT2D eigenvalue weighted by Gasteiger charge is -2.09. The van der Waals surface area contributed by atoms with Gasteiger partial charge in [-0.05, 0) is 48.9 Å². The van der Waals surface area contributed by atoms with Crippen LogP contribution in [-0.4, -0.2) is 5.91 Å². The molecular formula is C14H12BrClN2O. The van der Waals surface area contributed by atoms with Crippen molar-refractivity contribution in [3.8, 4) is 0 Å². The summed E-state index contributed by atoms with van der Waals surface area (Å²) in [6.07, 6.45) is 0. The van der Waals surface area contributed by atoms with Gasteiger partial charge in [0.1, 0.15) is 0 Å². The SMILES string of the molecule is Cc1cc(NC(=O)c2ccc(Cl)cc2N)ccc1Br. The van der Waals surface area contributed by atoms with Crippen LogP contribution in [0.25, 0.3) is 0 Å². The Hall–Kier alpha value is -1.52. The van der Waals surface area contributed by atoms with Gasteiger partial charge in [-0.1, -0.05) is 27.5 Å². The molecule has 0 aromatic heterocycles. The Kier molecular flexibility index (Phi) is 4.12. The molecule has 0 aliphatic heterocycles. The Labute approximate surface area is 124 Å². The molecule has 0 radical (unpaired) electrons. The summed E-state index contributed by atoms with van der Waals surface area (Å²) in [7, 11) is 0. The van der Waals surface area contributed by atoms with Crippen LogP contribution in [0, 0.1) is 6.92 Å². The lowest BCUT2D eigenvalue weighted by Crippen LogP contribution is -2.14. The Balaban J connectivity index is 2.23. The fraction of sp³-hybridized carbons (Fsp3) is 0.0714. The first kappa shape index (κ1) is 13.9. The number of amides is 1. The predicted octanol–water partition coefficient (Wildman–Crippen LogP) is 4.25. The summed E-state index contributed by atoms with van der Waals surface area (Å²) in [6, 6.07) is 10.4. The smallest absolute Gasteiger partial charge is 0.257 e. The second-order valence-corrected chi connectivity index (χ2v) is 5.44. The maximum Gasteiger partial charge on any atom is 0.257 e. The molecule has 1 amide bonds. The third-order valence-electron chi connectivity index (χ3n) is 2.67. The summed E-state index contributed by atoms with van der Waals surface area (Å²) < 4.78 is 0.997. The van der Waals surface area contributed by atoms with E-state index < -0.39 is 0 Å². The van der Waals surface area contributed by atoms with E-state index in [1.54, 1.807) is 18.2 Å². The van der Waals surface area contributed by atoms with E-state index in [-0.39, 0.29) is 5.91 Å². The van der Waals surface area contributed by atoms with Crippen molar-refractivity contribution in [3.63, 3.8) is 0 Å². The number of anilines is 2. The fourth-order valence-corrected chi connectivity index (χ4v) is 2.09. The summed E-state index contributed by atoms with van der Waals surface area (Å²) in [6.45, 7) is 1.95. The molecule has 2 aromatic rings. The van der Waals surface area contributed by atoms with Crippen LogP contribution >= 0.6 is 27.5 Å². The molecule has 0 unspecified atom stereocenters. The van der Waals surface area contributed by atoms with Crippen molar-refractivity contribution in [2.45, 2.75) is 6.92 Å². The number of hydrogen-bond acceptors (Lipinski definition) is 2. The third kappa shape index (κ3) is 3.28. The quantitative estimate of drug-likeness (QED) is 0.804. The molecule has 0 heterocycles. The van der Waals surface area contributed by atoms with Crippen molar-refractivity contribution < 1.29 is 4.79 Å². The average molecular weight is 340 g/mol. The van der Waals surface area contributed by atoms with Gasteiger partial charge < -0.3 is 11.1 Å². The summed E-state index contributed by atoms with van der Waals surface area (Å²) in [5.41, 5.74) is 8.31. The first-order valence-electron chi connectivity index (χ1n) is 5.60. The lowest BCUT2D eigenvalue weighted by atomic mass is 10.1. The fourth-order valence-electron chi connectivity index (χ4n) is 1.66. The monoisotopic (exact) mass is 338 g/mol. The van der Waals surface area contributed by atoms with E-state index in [0.717, 1.165) is 15.7 Å². The number of rotatable bonds is 2. The molecular weight excluding hydrogens is 328 g/mol. The van der Waals surface area contributed by atoms with Crippen LogP contribution in [0.1, 0.15) is 15.9 Å². The maximum absolute atomic E-state index is 12.1. The largest absolute Gasteiger partial charge is 0.398 e. The minimum absolute atomic E-state index is 0.254. The zero-order valence-electron chi connectivity index (χ0n) is 10.2. The third-order valence-corrected chi connectivity index (χ3v) is 3.80. The molecule has 0 bridgehead atoms. The Bertz CT molecular complexity index is 643. The van der Waals surface area contributed by atoms with Crippen LogP contribution in [0.4, 0.5) is 11.4 Å². The van der Waals surface area contributed by atoms with Gasteiger partial charge >= 0.3 is 0 Å². The lowest BCUT2D eigenvalue weighted by molar-refractivity contribution is 0.102. The van der Waals surface area contributed by atoms with Gasteiger partial charge in [-0.2, -0.15) is 0 Å². The second kappa shape index (κ2) is 5.63. The maximum atomic E-state index is 12.1. The van der Waals surface area contributed by atoms with E-state index in [9.17, 15) is 4.79 Å². The van der Waals surface area contributed by atoms with Crippen LogP contribution in [0.15, 0.2) is 40.9 Å². The molecule has 5 heteroatoms. The van der Waals surface area contributed by atoms with Gasteiger partial charge in [-0.15, -0.1) is 0 Å². The van der Waals surface area contributed by atoms with Crippen molar-refractivity contribution in [1.29, 1.82) is 0 Å². The topological polar surface area (TPSA) is 55.1 Å².